The maximum Gasteiger partial charge on any atom is 0.0710 e. The van der Waals surface area contributed by atoms with Crippen molar-refractivity contribution in [2.45, 2.75) is 71.1 Å². The molecule has 2 aliphatic rings. The molecule has 0 aromatic rings. The molecule has 0 amide bonds. The van der Waals surface area contributed by atoms with Gasteiger partial charge >= 0.3 is 0 Å². The van der Waals surface area contributed by atoms with Gasteiger partial charge in [-0.2, -0.15) is 0 Å². The van der Waals surface area contributed by atoms with Crippen molar-refractivity contribution in [3.05, 3.63) is 0 Å². The zero-order valence-electron chi connectivity index (χ0n) is 13.2. The van der Waals surface area contributed by atoms with Gasteiger partial charge in [-0.3, -0.25) is 4.90 Å². The van der Waals surface area contributed by atoms with Crippen molar-refractivity contribution in [2.24, 2.45) is 17.1 Å². The Kier molecular flexibility index (Phi) is 4.91. The van der Waals surface area contributed by atoms with E-state index in [1.54, 1.807) is 0 Å². The first-order valence-corrected chi connectivity index (χ1v) is 8.00. The number of likely N-dealkylation sites (tertiary alicyclic amines) is 1. The van der Waals surface area contributed by atoms with Crippen LogP contribution in [0.4, 0.5) is 0 Å². The van der Waals surface area contributed by atoms with Gasteiger partial charge in [-0.1, -0.05) is 27.2 Å². The third-order valence-corrected chi connectivity index (χ3v) is 5.86. The molecular formula is C16H32N2O. The number of ether oxygens (including phenoxy) is 1. The monoisotopic (exact) mass is 268 g/mol. The van der Waals surface area contributed by atoms with Crippen molar-refractivity contribution in [1.82, 2.24) is 4.90 Å². The van der Waals surface area contributed by atoms with Crippen LogP contribution in [0.25, 0.3) is 0 Å². The fourth-order valence-electron chi connectivity index (χ4n) is 3.84. The molecule has 2 N–H and O–H groups in total. The molecule has 4 unspecified atom stereocenters. The third-order valence-electron chi connectivity index (χ3n) is 5.86. The highest BCUT2D eigenvalue weighted by atomic mass is 16.5. The summed E-state index contributed by atoms with van der Waals surface area (Å²) in [5.74, 6) is 0.823. The van der Waals surface area contributed by atoms with E-state index in [1.165, 1.54) is 32.1 Å². The highest BCUT2D eigenvalue weighted by molar-refractivity contribution is 4.95. The molecule has 4 atom stereocenters. The maximum absolute atomic E-state index is 6.41. The molecule has 2 fully saturated rings. The largest absolute Gasteiger partial charge is 0.380 e. The third kappa shape index (κ3) is 3.32. The molecule has 19 heavy (non-hydrogen) atoms. The van der Waals surface area contributed by atoms with E-state index in [-0.39, 0.29) is 0 Å². The van der Waals surface area contributed by atoms with Crippen LogP contribution < -0.4 is 5.73 Å². The van der Waals surface area contributed by atoms with Gasteiger partial charge in [-0.05, 0) is 37.0 Å². The van der Waals surface area contributed by atoms with Crippen molar-refractivity contribution >= 4 is 0 Å². The van der Waals surface area contributed by atoms with Gasteiger partial charge in [0.05, 0.1) is 6.10 Å². The number of nitrogens with two attached hydrogens (primary N) is 1. The Bertz CT molecular complexity index is 292. The van der Waals surface area contributed by atoms with Gasteiger partial charge in [-0.25, -0.2) is 0 Å². The van der Waals surface area contributed by atoms with Crippen LogP contribution in [0.1, 0.15) is 52.9 Å². The Labute approximate surface area is 118 Å². The summed E-state index contributed by atoms with van der Waals surface area (Å²) in [5.41, 5.74) is 6.87. The lowest BCUT2D eigenvalue weighted by molar-refractivity contribution is 0.0559. The standard InChI is InChI=1S/C16H32N2O/c1-5-16(2,3)12-6-7-14(17)15(10-12)18-9-8-13(11-18)19-4/h12-15H,5-11,17H2,1-4H3. The van der Waals surface area contributed by atoms with Gasteiger partial charge in [0.15, 0.2) is 0 Å². The SMILES string of the molecule is CCC(C)(C)C1CCC(N)C(N2CCC(OC)C2)C1. The lowest BCUT2D eigenvalue weighted by atomic mass is 9.67. The van der Waals surface area contributed by atoms with E-state index < -0.39 is 0 Å². The zero-order valence-corrected chi connectivity index (χ0v) is 13.2. The van der Waals surface area contributed by atoms with Crippen molar-refractivity contribution in [3.8, 4) is 0 Å². The molecule has 1 aliphatic carbocycles. The van der Waals surface area contributed by atoms with E-state index in [2.05, 4.69) is 25.7 Å². The topological polar surface area (TPSA) is 38.5 Å². The number of hydrogen-bond acceptors (Lipinski definition) is 3. The Morgan fingerprint density at radius 3 is 2.58 bits per heavy atom. The first-order chi connectivity index (χ1) is 8.97. The van der Waals surface area contributed by atoms with Crippen LogP contribution in [0.15, 0.2) is 0 Å². The van der Waals surface area contributed by atoms with Crippen LogP contribution in [-0.2, 0) is 4.74 Å². The van der Waals surface area contributed by atoms with E-state index in [0.29, 0.717) is 23.6 Å². The number of nitrogens with zero attached hydrogens (tertiary/aromatic N) is 1. The summed E-state index contributed by atoms with van der Waals surface area (Å²) in [6.07, 6.45) is 6.62. The molecule has 1 saturated carbocycles. The highest BCUT2D eigenvalue weighted by Crippen LogP contribution is 2.41. The van der Waals surface area contributed by atoms with Gasteiger partial charge in [0.2, 0.25) is 0 Å². The summed E-state index contributed by atoms with van der Waals surface area (Å²) < 4.78 is 5.50. The Morgan fingerprint density at radius 1 is 1.26 bits per heavy atom. The van der Waals surface area contributed by atoms with Gasteiger partial charge in [-0.15, -0.1) is 0 Å². The normalized spacial score (nSPS) is 37.7. The summed E-state index contributed by atoms with van der Waals surface area (Å²) in [5, 5.41) is 0. The fourth-order valence-corrected chi connectivity index (χ4v) is 3.84. The molecule has 0 aromatic heterocycles. The summed E-state index contributed by atoms with van der Waals surface area (Å²) in [6.45, 7) is 9.41. The molecule has 1 saturated heterocycles. The summed E-state index contributed by atoms with van der Waals surface area (Å²) in [7, 11) is 1.83. The molecular weight excluding hydrogens is 236 g/mol. The maximum atomic E-state index is 6.41. The Hall–Kier alpha value is -0.120. The lowest BCUT2D eigenvalue weighted by Crippen LogP contribution is -2.52. The fraction of sp³-hybridized carbons (Fsp3) is 1.00. The summed E-state index contributed by atoms with van der Waals surface area (Å²) in [6, 6.07) is 0.934. The quantitative estimate of drug-likeness (QED) is 0.852. The second-order valence-electron chi connectivity index (χ2n) is 7.22. The molecule has 3 heteroatoms. The van der Waals surface area contributed by atoms with Gasteiger partial charge in [0, 0.05) is 32.3 Å². The minimum atomic E-state index is 0.361. The number of rotatable bonds is 4. The van der Waals surface area contributed by atoms with E-state index >= 15 is 0 Å². The molecule has 3 nitrogen and oxygen atoms in total. The number of hydrogen-bond donors (Lipinski definition) is 1. The summed E-state index contributed by atoms with van der Waals surface area (Å²) in [4.78, 5) is 2.59. The van der Waals surface area contributed by atoms with E-state index in [4.69, 9.17) is 10.5 Å². The van der Waals surface area contributed by atoms with Crippen LogP contribution in [0.3, 0.4) is 0 Å². The second kappa shape index (κ2) is 6.11. The molecule has 1 heterocycles. The van der Waals surface area contributed by atoms with Crippen LogP contribution >= 0.6 is 0 Å². The van der Waals surface area contributed by atoms with Crippen LogP contribution in [0.5, 0.6) is 0 Å². The van der Waals surface area contributed by atoms with Crippen LogP contribution in [0.2, 0.25) is 0 Å². The summed E-state index contributed by atoms with van der Waals surface area (Å²) >= 11 is 0. The van der Waals surface area contributed by atoms with E-state index in [9.17, 15) is 0 Å². The van der Waals surface area contributed by atoms with E-state index in [1.807, 2.05) is 7.11 Å². The molecule has 112 valence electrons. The zero-order chi connectivity index (χ0) is 14.0. The predicted octanol–water partition coefficient (Wildman–Crippen LogP) is 2.64. The van der Waals surface area contributed by atoms with Gasteiger partial charge in [0.25, 0.3) is 0 Å². The molecule has 2 rings (SSSR count). The first-order valence-electron chi connectivity index (χ1n) is 8.00. The van der Waals surface area contributed by atoms with Crippen molar-refractivity contribution < 1.29 is 4.74 Å². The lowest BCUT2D eigenvalue weighted by Gasteiger charge is -2.45. The van der Waals surface area contributed by atoms with Crippen molar-refractivity contribution in [2.75, 3.05) is 20.2 Å². The van der Waals surface area contributed by atoms with E-state index in [0.717, 1.165) is 19.0 Å². The van der Waals surface area contributed by atoms with Gasteiger partial charge < -0.3 is 10.5 Å². The smallest absolute Gasteiger partial charge is 0.0710 e. The minimum Gasteiger partial charge on any atom is -0.380 e. The second-order valence-corrected chi connectivity index (χ2v) is 7.22. The number of methoxy groups -OCH3 is 1. The van der Waals surface area contributed by atoms with Crippen LogP contribution in [0, 0.1) is 11.3 Å². The van der Waals surface area contributed by atoms with Crippen LogP contribution in [-0.4, -0.2) is 43.3 Å². The molecule has 0 aromatic carbocycles. The molecule has 0 spiro atoms. The first kappa shape index (κ1) is 15.3. The van der Waals surface area contributed by atoms with Crippen molar-refractivity contribution in [3.63, 3.8) is 0 Å². The van der Waals surface area contributed by atoms with Crippen molar-refractivity contribution in [1.29, 1.82) is 0 Å². The molecule has 0 bridgehead atoms. The Morgan fingerprint density at radius 2 is 2.00 bits per heavy atom. The average Bonchev–Trinajstić information content (AvgIpc) is 2.87. The average molecular weight is 268 g/mol. The molecule has 1 aliphatic heterocycles. The molecule has 0 radical (unpaired) electrons. The predicted molar refractivity (Wildman–Crippen MR) is 80.2 cm³/mol. The van der Waals surface area contributed by atoms with Gasteiger partial charge in [0.1, 0.15) is 0 Å². The highest BCUT2D eigenvalue weighted by Gasteiger charge is 2.40. The minimum absolute atomic E-state index is 0.361. The Balaban J connectivity index is 1.99.